The summed E-state index contributed by atoms with van der Waals surface area (Å²) in [6.45, 7) is 0. The number of allylic oxidation sites excluding steroid dienone is 1. The van der Waals surface area contributed by atoms with Gasteiger partial charge < -0.3 is 10.2 Å². The number of phenols is 1. The maximum atomic E-state index is 11.9. The van der Waals surface area contributed by atoms with Gasteiger partial charge in [-0.2, -0.15) is 0 Å². The molecule has 0 aliphatic carbocycles. The van der Waals surface area contributed by atoms with Crippen molar-refractivity contribution in [1.82, 2.24) is 0 Å². The number of carbonyl (C=O) groups excluding carboxylic acids is 1. The summed E-state index contributed by atoms with van der Waals surface area (Å²) in [7, 11) is 0. The number of rotatable bonds is 4. The van der Waals surface area contributed by atoms with Crippen LogP contribution in [0, 0.1) is 0 Å². The zero-order valence-corrected chi connectivity index (χ0v) is 10.5. The summed E-state index contributed by atoms with van der Waals surface area (Å²) in [5, 5.41) is 18.3. The molecule has 0 saturated heterocycles. The molecule has 0 aliphatic heterocycles. The van der Waals surface area contributed by atoms with E-state index in [2.05, 4.69) is 0 Å². The molecule has 0 amide bonds. The van der Waals surface area contributed by atoms with Crippen LogP contribution in [0.5, 0.6) is 5.75 Å². The number of hydrogen-bond donors (Lipinski definition) is 2. The van der Waals surface area contributed by atoms with Crippen LogP contribution < -0.4 is 0 Å². The molecule has 0 unspecified atom stereocenters. The molecule has 0 aliphatic rings. The van der Waals surface area contributed by atoms with E-state index in [9.17, 15) is 14.7 Å². The van der Waals surface area contributed by atoms with Crippen molar-refractivity contribution in [2.75, 3.05) is 0 Å². The summed E-state index contributed by atoms with van der Waals surface area (Å²) >= 11 is 0. The molecule has 0 atom stereocenters. The number of benzene rings is 2. The number of aromatic carboxylic acids is 1. The quantitative estimate of drug-likeness (QED) is 0.660. The third-order valence-electron chi connectivity index (χ3n) is 2.74. The second kappa shape index (κ2) is 5.84. The Kier molecular flexibility index (Phi) is 3.96. The van der Waals surface area contributed by atoms with E-state index in [1.807, 2.05) is 0 Å². The van der Waals surface area contributed by atoms with Crippen molar-refractivity contribution < 1.29 is 19.8 Å². The van der Waals surface area contributed by atoms with Crippen LogP contribution in [0.2, 0.25) is 0 Å². The van der Waals surface area contributed by atoms with Crippen molar-refractivity contribution in [2.45, 2.75) is 0 Å². The lowest BCUT2D eigenvalue weighted by Gasteiger charge is -2.00. The first kappa shape index (κ1) is 13.5. The van der Waals surface area contributed by atoms with Crippen molar-refractivity contribution >= 4 is 17.8 Å². The Labute approximate surface area is 115 Å². The van der Waals surface area contributed by atoms with Gasteiger partial charge in [-0.15, -0.1) is 0 Å². The Morgan fingerprint density at radius 1 is 1.00 bits per heavy atom. The van der Waals surface area contributed by atoms with Crippen LogP contribution in [0.4, 0.5) is 0 Å². The number of phenolic OH excluding ortho intramolecular Hbond substituents is 1. The van der Waals surface area contributed by atoms with Crippen LogP contribution in [0.1, 0.15) is 26.3 Å². The molecule has 0 bridgehead atoms. The largest absolute Gasteiger partial charge is 0.508 e. The lowest BCUT2D eigenvalue weighted by molar-refractivity contribution is 0.0696. The van der Waals surface area contributed by atoms with E-state index in [1.54, 1.807) is 30.3 Å². The number of aromatic hydroxyl groups is 1. The SMILES string of the molecule is O=C(/C=C/c1ccccc1C(=O)O)c1cccc(O)c1. The van der Waals surface area contributed by atoms with E-state index in [0.29, 0.717) is 11.1 Å². The number of hydrogen-bond acceptors (Lipinski definition) is 3. The second-order valence-electron chi connectivity index (χ2n) is 4.14. The molecule has 2 aromatic carbocycles. The molecule has 0 aromatic heterocycles. The molecular formula is C16H12O4. The molecule has 100 valence electrons. The average Bonchev–Trinajstić information content (AvgIpc) is 2.45. The molecule has 2 N–H and O–H groups in total. The second-order valence-corrected chi connectivity index (χ2v) is 4.14. The fraction of sp³-hybridized carbons (Fsp3) is 0. The highest BCUT2D eigenvalue weighted by Crippen LogP contribution is 2.14. The molecular weight excluding hydrogens is 256 g/mol. The lowest BCUT2D eigenvalue weighted by atomic mass is 10.1. The Bertz CT molecular complexity index is 686. The van der Waals surface area contributed by atoms with Crippen LogP contribution in [0.25, 0.3) is 6.08 Å². The lowest BCUT2D eigenvalue weighted by Crippen LogP contribution is -1.99. The van der Waals surface area contributed by atoms with Crippen molar-refractivity contribution in [3.63, 3.8) is 0 Å². The predicted molar refractivity (Wildman–Crippen MR) is 74.9 cm³/mol. The molecule has 0 spiro atoms. The number of ketones is 1. The van der Waals surface area contributed by atoms with Gasteiger partial charge in [0.05, 0.1) is 5.56 Å². The topological polar surface area (TPSA) is 74.6 Å². The minimum Gasteiger partial charge on any atom is -0.508 e. The fourth-order valence-corrected chi connectivity index (χ4v) is 1.76. The molecule has 0 saturated carbocycles. The van der Waals surface area contributed by atoms with E-state index in [1.165, 1.54) is 30.4 Å². The first-order valence-corrected chi connectivity index (χ1v) is 5.91. The molecule has 0 heterocycles. The number of carbonyl (C=O) groups is 2. The minimum atomic E-state index is -1.05. The van der Waals surface area contributed by atoms with Crippen LogP contribution in [-0.4, -0.2) is 22.0 Å². The zero-order chi connectivity index (χ0) is 14.5. The van der Waals surface area contributed by atoms with E-state index >= 15 is 0 Å². The minimum absolute atomic E-state index is 0.00943. The van der Waals surface area contributed by atoms with Crippen LogP contribution >= 0.6 is 0 Å². The van der Waals surface area contributed by atoms with Gasteiger partial charge in [-0.1, -0.05) is 36.4 Å². The first-order valence-electron chi connectivity index (χ1n) is 5.91. The molecule has 20 heavy (non-hydrogen) atoms. The predicted octanol–water partition coefficient (Wildman–Crippen LogP) is 2.99. The standard InChI is InChI=1S/C16H12O4/c17-13-6-3-5-12(10-13)15(18)9-8-11-4-1-2-7-14(11)16(19)20/h1-10,17H,(H,19,20)/b9-8+. The average molecular weight is 268 g/mol. The van der Waals surface area contributed by atoms with E-state index in [4.69, 9.17) is 5.11 Å². The van der Waals surface area contributed by atoms with Gasteiger partial charge in [-0.05, 0) is 29.8 Å². The maximum Gasteiger partial charge on any atom is 0.336 e. The smallest absolute Gasteiger partial charge is 0.336 e. The van der Waals surface area contributed by atoms with Crippen LogP contribution in [0.3, 0.4) is 0 Å². The highest BCUT2D eigenvalue weighted by molar-refractivity contribution is 6.07. The Balaban J connectivity index is 2.26. The van der Waals surface area contributed by atoms with Gasteiger partial charge in [0, 0.05) is 5.56 Å². The van der Waals surface area contributed by atoms with Gasteiger partial charge in [-0.25, -0.2) is 4.79 Å². The summed E-state index contributed by atoms with van der Waals surface area (Å²) in [6, 6.07) is 12.4. The highest BCUT2D eigenvalue weighted by Gasteiger charge is 2.07. The summed E-state index contributed by atoms with van der Waals surface area (Å²) in [5.74, 6) is -1.34. The molecule has 4 heteroatoms. The molecule has 2 rings (SSSR count). The zero-order valence-electron chi connectivity index (χ0n) is 10.5. The monoisotopic (exact) mass is 268 g/mol. The third kappa shape index (κ3) is 3.11. The van der Waals surface area contributed by atoms with E-state index < -0.39 is 5.97 Å². The normalized spacial score (nSPS) is 10.6. The summed E-state index contributed by atoms with van der Waals surface area (Å²) in [5.41, 5.74) is 0.926. The molecule has 0 fully saturated rings. The van der Waals surface area contributed by atoms with Gasteiger partial charge >= 0.3 is 5.97 Å². The van der Waals surface area contributed by atoms with Gasteiger partial charge in [0.1, 0.15) is 5.75 Å². The Morgan fingerprint density at radius 3 is 2.45 bits per heavy atom. The first-order chi connectivity index (χ1) is 9.58. The number of carboxylic acid groups (broad SMARTS) is 1. The Hall–Kier alpha value is -2.88. The van der Waals surface area contributed by atoms with Crippen molar-refractivity contribution in [3.05, 3.63) is 71.3 Å². The van der Waals surface area contributed by atoms with Crippen molar-refractivity contribution in [3.8, 4) is 5.75 Å². The summed E-state index contributed by atoms with van der Waals surface area (Å²) < 4.78 is 0. The van der Waals surface area contributed by atoms with Gasteiger partial charge in [0.2, 0.25) is 0 Å². The Morgan fingerprint density at radius 2 is 1.75 bits per heavy atom. The van der Waals surface area contributed by atoms with E-state index in [-0.39, 0.29) is 17.1 Å². The molecule has 4 nitrogen and oxygen atoms in total. The maximum absolute atomic E-state index is 11.9. The van der Waals surface area contributed by atoms with Crippen LogP contribution in [0.15, 0.2) is 54.6 Å². The summed E-state index contributed by atoms with van der Waals surface area (Å²) in [4.78, 5) is 22.9. The third-order valence-corrected chi connectivity index (χ3v) is 2.74. The molecule has 2 aromatic rings. The van der Waals surface area contributed by atoms with Gasteiger partial charge in [0.25, 0.3) is 0 Å². The summed E-state index contributed by atoms with van der Waals surface area (Å²) in [6.07, 6.45) is 2.74. The van der Waals surface area contributed by atoms with Gasteiger partial charge in [0.15, 0.2) is 5.78 Å². The number of carboxylic acids is 1. The van der Waals surface area contributed by atoms with E-state index in [0.717, 1.165) is 0 Å². The highest BCUT2D eigenvalue weighted by atomic mass is 16.4. The fourth-order valence-electron chi connectivity index (χ4n) is 1.76. The van der Waals surface area contributed by atoms with Crippen molar-refractivity contribution in [1.29, 1.82) is 0 Å². The molecule has 0 radical (unpaired) electrons. The van der Waals surface area contributed by atoms with Crippen LogP contribution in [-0.2, 0) is 0 Å². The van der Waals surface area contributed by atoms with Gasteiger partial charge in [-0.3, -0.25) is 4.79 Å². The van der Waals surface area contributed by atoms with Crippen molar-refractivity contribution in [2.24, 2.45) is 0 Å².